The van der Waals surface area contributed by atoms with E-state index >= 15 is 0 Å². The van der Waals surface area contributed by atoms with Gasteiger partial charge in [0.2, 0.25) is 0 Å². The normalized spacial score (nSPS) is 10.6. The molecule has 1 aromatic heterocycles. The highest BCUT2D eigenvalue weighted by atomic mass is 19.1. The Morgan fingerprint density at radius 1 is 1.09 bits per heavy atom. The minimum atomic E-state index is -0.595. The van der Waals surface area contributed by atoms with Crippen LogP contribution in [0.4, 0.5) is 4.39 Å². The van der Waals surface area contributed by atoms with E-state index in [1.165, 1.54) is 24.3 Å². The predicted octanol–water partition coefficient (Wildman–Crippen LogP) is 3.08. The van der Waals surface area contributed by atoms with Crippen LogP contribution in [0.1, 0.15) is 5.56 Å². The van der Waals surface area contributed by atoms with Crippen molar-refractivity contribution in [2.24, 2.45) is 0 Å². The number of rotatable bonds is 3. The molecule has 2 aromatic carbocycles. The topological polar surface area (TPSA) is 56.5 Å². The Morgan fingerprint density at radius 3 is 2.68 bits per heavy atom. The first-order chi connectivity index (χ1) is 10.6. The summed E-state index contributed by atoms with van der Waals surface area (Å²) in [6.45, 7) is 0. The van der Waals surface area contributed by atoms with E-state index in [1.54, 1.807) is 30.3 Å². The highest BCUT2D eigenvalue weighted by molar-refractivity contribution is 5.80. The highest BCUT2D eigenvalue weighted by Gasteiger charge is 2.10. The third-order valence-electron chi connectivity index (χ3n) is 3.12. The van der Waals surface area contributed by atoms with Gasteiger partial charge in [-0.05, 0) is 29.8 Å². The summed E-state index contributed by atoms with van der Waals surface area (Å²) in [5.41, 5.74) is 0.103. The molecule has 110 valence electrons. The SMILES string of the molecule is O=C(Cc1ccccc1F)Oc1ccc2ccc(=O)oc2c1. The quantitative estimate of drug-likeness (QED) is 0.423. The molecule has 22 heavy (non-hydrogen) atoms. The van der Waals surface area contributed by atoms with Crippen LogP contribution in [0.15, 0.2) is 63.8 Å². The van der Waals surface area contributed by atoms with Gasteiger partial charge >= 0.3 is 11.6 Å². The van der Waals surface area contributed by atoms with E-state index in [4.69, 9.17) is 9.15 Å². The summed E-state index contributed by atoms with van der Waals surface area (Å²) in [5.74, 6) is -0.810. The molecular weight excluding hydrogens is 287 g/mol. The average Bonchev–Trinajstić information content (AvgIpc) is 2.49. The molecule has 0 radical (unpaired) electrons. The minimum absolute atomic E-state index is 0.177. The second kappa shape index (κ2) is 5.81. The zero-order valence-corrected chi connectivity index (χ0v) is 11.4. The molecule has 0 saturated heterocycles. The van der Waals surface area contributed by atoms with Crippen LogP contribution in [0.2, 0.25) is 0 Å². The van der Waals surface area contributed by atoms with Crippen LogP contribution >= 0.6 is 0 Å². The van der Waals surface area contributed by atoms with Crippen molar-refractivity contribution < 1.29 is 18.3 Å². The lowest BCUT2D eigenvalue weighted by Crippen LogP contribution is -2.12. The molecule has 0 amide bonds. The number of benzene rings is 2. The van der Waals surface area contributed by atoms with Crippen molar-refractivity contribution in [3.63, 3.8) is 0 Å². The van der Waals surface area contributed by atoms with E-state index < -0.39 is 17.4 Å². The molecule has 3 aromatic rings. The molecule has 0 bridgehead atoms. The maximum Gasteiger partial charge on any atom is 0.336 e. The van der Waals surface area contributed by atoms with Gasteiger partial charge in [0.15, 0.2) is 0 Å². The van der Waals surface area contributed by atoms with E-state index in [2.05, 4.69) is 0 Å². The number of fused-ring (bicyclic) bond motifs is 1. The van der Waals surface area contributed by atoms with Gasteiger partial charge in [0, 0.05) is 17.5 Å². The lowest BCUT2D eigenvalue weighted by Gasteiger charge is -2.06. The van der Waals surface area contributed by atoms with Gasteiger partial charge in [-0.2, -0.15) is 0 Å². The van der Waals surface area contributed by atoms with E-state index in [9.17, 15) is 14.0 Å². The number of halogens is 1. The Morgan fingerprint density at radius 2 is 1.86 bits per heavy atom. The van der Waals surface area contributed by atoms with Crippen LogP contribution in [0.3, 0.4) is 0 Å². The Balaban J connectivity index is 1.79. The van der Waals surface area contributed by atoms with Gasteiger partial charge in [0.25, 0.3) is 0 Å². The first kappa shape index (κ1) is 14.0. The van der Waals surface area contributed by atoms with Crippen LogP contribution < -0.4 is 10.4 Å². The lowest BCUT2D eigenvalue weighted by atomic mass is 10.1. The number of carbonyl (C=O) groups is 1. The van der Waals surface area contributed by atoms with E-state index in [-0.39, 0.29) is 17.7 Å². The van der Waals surface area contributed by atoms with Gasteiger partial charge in [0.1, 0.15) is 17.1 Å². The molecule has 0 spiro atoms. The molecule has 0 N–H and O–H groups in total. The summed E-state index contributed by atoms with van der Waals surface area (Å²) >= 11 is 0. The summed E-state index contributed by atoms with van der Waals surface area (Å²) in [5, 5.41) is 0.716. The molecule has 0 aliphatic heterocycles. The van der Waals surface area contributed by atoms with Crippen LogP contribution in [0.5, 0.6) is 5.75 Å². The lowest BCUT2D eigenvalue weighted by molar-refractivity contribution is -0.133. The average molecular weight is 298 g/mol. The molecule has 0 aliphatic carbocycles. The van der Waals surface area contributed by atoms with E-state index in [0.717, 1.165) is 0 Å². The number of carbonyl (C=O) groups excluding carboxylic acids is 1. The minimum Gasteiger partial charge on any atom is -0.426 e. The Labute approximate surface area is 124 Å². The van der Waals surface area contributed by atoms with Crippen LogP contribution in [0.25, 0.3) is 11.0 Å². The van der Waals surface area contributed by atoms with Crippen molar-refractivity contribution in [2.75, 3.05) is 0 Å². The fraction of sp³-hybridized carbons (Fsp3) is 0.0588. The summed E-state index contributed by atoms with van der Waals surface area (Å²) in [6.07, 6.45) is -0.177. The molecule has 5 heteroatoms. The van der Waals surface area contributed by atoms with Gasteiger partial charge in [-0.15, -0.1) is 0 Å². The fourth-order valence-corrected chi connectivity index (χ4v) is 2.07. The van der Waals surface area contributed by atoms with Gasteiger partial charge in [-0.1, -0.05) is 18.2 Å². The number of hydrogen-bond acceptors (Lipinski definition) is 4. The van der Waals surface area contributed by atoms with E-state index in [1.807, 2.05) is 0 Å². The molecule has 3 rings (SSSR count). The van der Waals surface area contributed by atoms with Crippen molar-refractivity contribution in [2.45, 2.75) is 6.42 Å². The zero-order chi connectivity index (χ0) is 15.5. The molecule has 0 saturated carbocycles. The zero-order valence-electron chi connectivity index (χ0n) is 11.4. The van der Waals surface area contributed by atoms with Crippen molar-refractivity contribution in [3.05, 3.63) is 76.4 Å². The summed E-state index contributed by atoms with van der Waals surface area (Å²) in [4.78, 5) is 23.0. The molecule has 0 unspecified atom stereocenters. The molecule has 0 atom stereocenters. The summed E-state index contributed by atoms with van der Waals surface area (Å²) in [6, 6.07) is 13.6. The molecule has 4 nitrogen and oxygen atoms in total. The summed E-state index contributed by atoms with van der Waals surface area (Å²) < 4.78 is 23.7. The largest absolute Gasteiger partial charge is 0.426 e. The van der Waals surface area contributed by atoms with Gasteiger partial charge < -0.3 is 9.15 Å². The monoisotopic (exact) mass is 298 g/mol. The van der Waals surface area contributed by atoms with Gasteiger partial charge in [0.05, 0.1) is 6.42 Å². The predicted molar refractivity (Wildman–Crippen MR) is 78.2 cm³/mol. The second-order valence-electron chi connectivity index (χ2n) is 4.70. The van der Waals surface area contributed by atoms with Crippen molar-refractivity contribution in [1.82, 2.24) is 0 Å². The maximum absolute atomic E-state index is 13.5. The molecule has 0 fully saturated rings. The van der Waals surface area contributed by atoms with Crippen molar-refractivity contribution in [3.8, 4) is 5.75 Å². The number of ether oxygens (including phenoxy) is 1. The Bertz CT molecular complexity index is 898. The third kappa shape index (κ3) is 3.03. The Hall–Kier alpha value is -2.95. The van der Waals surface area contributed by atoms with Crippen molar-refractivity contribution >= 4 is 16.9 Å². The van der Waals surface area contributed by atoms with Crippen LogP contribution in [-0.2, 0) is 11.2 Å². The van der Waals surface area contributed by atoms with Crippen LogP contribution in [-0.4, -0.2) is 5.97 Å². The van der Waals surface area contributed by atoms with Crippen LogP contribution in [0, 0.1) is 5.82 Å². The maximum atomic E-state index is 13.5. The standard InChI is InChI=1S/C17H11FO4/c18-14-4-2-1-3-12(14)9-17(20)21-13-7-5-11-6-8-16(19)22-15(11)10-13/h1-8,10H,9H2. The second-order valence-corrected chi connectivity index (χ2v) is 4.70. The van der Waals surface area contributed by atoms with E-state index in [0.29, 0.717) is 11.0 Å². The third-order valence-corrected chi connectivity index (χ3v) is 3.12. The molecular formula is C17H11FO4. The fourth-order valence-electron chi connectivity index (χ4n) is 2.07. The van der Waals surface area contributed by atoms with Gasteiger partial charge in [-0.3, -0.25) is 4.79 Å². The highest BCUT2D eigenvalue weighted by Crippen LogP contribution is 2.20. The smallest absolute Gasteiger partial charge is 0.336 e. The first-order valence-electron chi connectivity index (χ1n) is 6.60. The number of hydrogen-bond donors (Lipinski definition) is 0. The molecule has 1 heterocycles. The first-order valence-corrected chi connectivity index (χ1v) is 6.60. The number of esters is 1. The summed E-state index contributed by atoms with van der Waals surface area (Å²) in [7, 11) is 0. The van der Waals surface area contributed by atoms with Gasteiger partial charge in [-0.25, -0.2) is 9.18 Å². The van der Waals surface area contributed by atoms with Crippen molar-refractivity contribution in [1.29, 1.82) is 0 Å². The Kier molecular flexibility index (Phi) is 3.70. The molecule has 0 aliphatic rings.